The fourth-order valence-electron chi connectivity index (χ4n) is 3.65. The number of rotatable bonds is 7. The molecule has 1 aliphatic rings. The van der Waals surface area contributed by atoms with E-state index in [0.29, 0.717) is 5.69 Å². The van der Waals surface area contributed by atoms with Gasteiger partial charge in [-0.1, -0.05) is 30.3 Å². The van der Waals surface area contributed by atoms with Crippen LogP contribution >= 0.6 is 0 Å². The molecule has 4 rings (SSSR count). The van der Waals surface area contributed by atoms with E-state index in [1.54, 1.807) is 43.4 Å². The molecule has 0 aromatic heterocycles. The lowest BCUT2D eigenvalue weighted by Gasteiger charge is -2.29. The Bertz CT molecular complexity index is 1230. The van der Waals surface area contributed by atoms with Crippen molar-refractivity contribution in [2.45, 2.75) is 12.5 Å². The van der Waals surface area contributed by atoms with Crippen LogP contribution in [0.1, 0.15) is 26.3 Å². The molecule has 3 aromatic carbocycles. The van der Waals surface area contributed by atoms with Crippen LogP contribution < -0.4 is 20.3 Å². The van der Waals surface area contributed by atoms with Crippen molar-refractivity contribution >= 4 is 29.2 Å². The van der Waals surface area contributed by atoms with Crippen LogP contribution in [0.15, 0.2) is 66.7 Å². The van der Waals surface area contributed by atoms with Gasteiger partial charge in [0.15, 0.2) is 6.73 Å². The van der Waals surface area contributed by atoms with Crippen molar-refractivity contribution in [3.05, 3.63) is 89.2 Å². The topological polar surface area (TPSA) is 108 Å². The molecule has 1 unspecified atom stereocenters. The molecule has 0 radical (unpaired) electrons. The van der Waals surface area contributed by atoms with Crippen molar-refractivity contribution in [1.29, 1.82) is 0 Å². The van der Waals surface area contributed by atoms with Gasteiger partial charge in [0.25, 0.3) is 11.8 Å². The highest BCUT2D eigenvalue weighted by molar-refractivity contribution is 6.09. The number of carbonyl (C=O) groups is 3. The SMILES string of the molecule is CNc1cc2c(cc1F)C(=O)N(c1ccc(C(=O)NC(Cc3ccccc3)C(=O)O)cc1)CO2. The van der Waals surface area contributed by atoms with Crippen LogP contribution in [0.2, 0.25) is 0 Å². The lowest BCUT2D eigenvalue weighted by molar-refractivity contribution is -0.139. The van der Waals surface area contributed by atoms with Crippen molar-refractivity contribution in [2.24, 2.45) is 0 Å². The van der Waals surface area contributed by atoms with Gasteiger partial charge in [-0.05, 0) is 35.9 Å². The Hall–Kier alpha value is -4.40. The van der Waals surface area contributed by atoms with Gasteiger partial charge in [-0.3, -0.25) is 14.5 Å². The summed E-state index contributed by atoms with van der Waals surface area (Å²) in [4.78, 5) is 38.5. The van der Waals surface area contributed by atoms with Crippen molar-refractivity contribution < 1.29 is 28.6 Å². The second-order valence-corrected chi connectivity index (χ2v) is 7.69. The molecule has 3 aromatic rings. The number of nitrogens with zero attached hydrogens (tertiary/aromatic N) is 1. The van der Waals surface area contributed by atoms with Gasteiger partial charge in [0.1, 0.15) is 17.6 Å². The lowest BCUT2D eigenvalue weighted by Crippen LogP contribution is -2.42. The molecule has 0 spiro atoms. The van der Waals surface area contributed by atoms with Crippen molar-refractivity contribution in [3.8, 4) is 5.75 Å². The van der Waals surface area contributed by atoms with Crippen molar-refractivity contribution in [1.82, 2.24) is 5.32 Å². The molecule has 1 heterocycles. The number of amides is 2. The van der Waals surface area contributed by atoms with Crippen LogP contribution in [0.25, 0.3) is 0 Å². The number of carbonyl (C=O) groups excluding carboxylic acids is 2. The largest absolute Gasteiger partial charge is 0.480 e. The average molecular weight is 463 g/mol. The maximum absolute atomic E-state index is 14.1. The molecule has 9 heteroatoms. The van der Waals surface area contributed by atoms with E-state index in [0.717, 1.165) is 11.6 Å². The van der Waals surface area contributed by atoms with Crippen LogP contribution in [0.4, 0.5) is 15.8 Å². The number of fused-ring (bicyclic) bond motifs is 1. The molecule has 1 atom stereocenters. The summed E-state index contributed by atoms with van der Waals surface area (Å²) in [5, 5.41) is 14.7. The van der Waals surface area contributed by atoms with Crippen LogP contribution in [0.3, 0.4) is 0 Å². The Morgan fingerprint density at radius 2 is 1.82 bits per heavy atom. The summed E-state index contributed by atoms with van der Waals surface area (Å²) < 4.78 is 19.8. The molecule has 0 fully saturated rings. The van der Waals surface area contributed by atoms with E-state index in [2.05, 4.69) is 10.6 Å². The van der Waals surface area contributed by atoms with Crippen LogP contribution in [-0.4, -0.2) is 42.7 Å². The number of carboxylic acid groups (broad SMARTS) is 1. The molecule has 0 bridgehead atoms. The second-order valence-electron chi connectivity index (χ2n) is 7.69. The Kier molecular flexibility index (Phi) is 6.44. The monoisotopic (exact) mass is 463 g/mol. The highest BCUT2D eigenvalue weighted by Crippen LogP contribution is 2.32. The molecule has 34 heavy (non-hydrogen) atoms. The number of hydrogen-bond donors (Lipinski definition) is 3. The second kappa shape index (κ2) is 9.62. The van der Waals surface area contributed by atoms with Gasteiger partial charge in [-0.15, -0.1) is 0 Å². The number of benzene rings is 3. The standard InChI is InChI=1S/C25H22FN3O5/c1-27-20-13-22-18(12-19(20)26)24(31)29(14-34-22)17-9-7-16(8-10-17)23(30)28-21(25(32)33)11-15-5-3-2-4-6-15/h2-10,12-13,21,27H,11,14H2,1H3,(H,28,30)(H,32,33). The average Bonchev–Trinajstić information content (AvgIpc) is 2.84. The summed E-state index contributed by atoms with van der Waals surface area (Å²) >= 11 is 0. The fraction of sp³-hybridized carbons (Fsp3) is 0.160. The predicted molar refractivity (Wildman–Crippen MR) is 124 cm³/mol. The van der Waals surface area contributed by atoms with Crippen molar-refractivity contribution in [2.75, 3.05) is 24.0 Å². The number of hydrogen-bond acceptors (Lipinski definition) is 5. The highest BCUT2D eigenvalue weighted by Gasteiger charge is 2.29. The number of nitrogens with one attached hydrogen (secondary N) is 2. The smallest absolute Gasteiger partial charge is 0.326 e. The summed E-state index contributed by atoms with van der Waals surface area (Å²) in [6.45, 7) is -0.0790. The van der Waals surface area contributed by atoms with Gasteiger partial charge in [-0.2, -0.15) is 0 Å². The summed E-state index contributed by atoms with van der Waals surface area (Å²) in [5.74, 6) is -2.43. The van der Waals surface area contributed by atoms with E-state index >= 15 is 0 Å². The predicted octanol–water partition coefficient (Wildman–Crippen LogP) is 3.29. The van der Waals surface area contributed by atoms with E-state index in [9.17, 15) is 23.9 Å². The zero-order chi connectivity index (χ0) is 24.2. The molecule has 0 aliphatic carbocycles. The molecule has 0 saturated carbocycles. The van der Waals surface area contributed by atoms with Crippen LogP contribution in [0.5, 0.6) is 5.75 Å². The fourth-order valence-corrected chi connectivity index (χ4v) is 3.65. The molecule has 3 N–H and O–H groups in total. The minimum Gasteiger partial charge on any atom is -0.480 e. The molecule has 2 amide bonds. The van der Waals surface area contributed by atoms with E-state index < -0.39 is 29.6 Å². The van der Waals surface area contributed by atoms with Gasteiger partial charge in [0.2, 0.25) is 0 Å². The van der Waals surface area contributed by atoms with Crippen molar-refractivity contribution in [3.63, 3.8) is 0 Å². The first-order chi connectivity index (χ1) is 16.4. The van der Waals surface area contributed by atoms with Crippen LogP contribution in [-0.2, 0) is 11.2 Å². The maximum Gasteiger partial charge on any atom is 0.326 e. The molecule has 0 saturated heterocycles. The minimum absolute atomic E-state index is 0.0790. The first-order valence-corrected chi connectivity index (χ1v) is 10.5. The number of aliphatic carboxylic acids is 1. The highest BCUT2D eigenvalue weighted by atomic mass is 19.1. The van der Waals surface area contributed by atoms with Gasteiger partial charge in [0, 0.05) is 30.8 Å². The molecule has 8 nitrogen and oxygen atoms in total. The van der Waals surface area contributed by atoms with Crippen LogP contribution in [0, 0.1) is 5.82 Å². The molecule has 174 valence electrons. The third-order valence-electron chi connectivity index (χ3n) is 5.49. The summed E-state index contributed by atoms with van der Waals surface area (Å²) in [6.07, 6.45) is 0.144. The quantitative estimate of drug-likeness (QED) is 0.496. The molecule has 1 aliphatic heterocycles. The first-order valence-electron chi connectivity index (χ1n) is 10.5. The number of anilines is 2. The van der Waals surface area contributed by atoms with Gasteiger partial charge in [0.05, 0.1) is 11.3 Å². The number of halogens is 1. The Balaban J connectivity index is 1.47. The Morgan fingerprint density at radius 3 is 2.47 bits per heavy atom. The van der Waals surface area contributed by atoms with E-state index in [1.807, 2.05) is 6.07 Å². The number of ether oxygens (including phenoxy) is 1. The zero-order valence-electron chi connectivity index (χ0n) is 18.2. The summed E-state index contributed by atoms with van der Waals surface area (Å²) in [7, 11) is 1.57. The third kappa shape index (κ3) is 4.68. The van der Waals surface area contributed by atoms with E-state index in [4.69, 9.17) is 4.74 Å². The normalized spacial score (nSPS) is 13.5. The third-order valence-corrected chi connectivity index (χ3v) is 5.49. The van der Waals surface area contributed by atoms with E-state index in [-0.39, 0.29) is 35.7 Å². The number of carboxylic acids is 1. The summed E-state index contributed by atoms with van der Waals surface area (Å²) in [6, 6.07) is 16.5. The van der Waals surface area contributed by atoms with Gasteiger partial charge in [-0.25, -0.2) is 9.18 Å². The van der Waals surface area contributed by atoms with E-state index in [1.165, 1.54) is 23.1 Å². The first kappa shape index (κ1) is 22.8. The zero-order valence-corrected chi connectivity index (χ0v) is 18.2. The summed E-state index contributed by atoms with van der Waals surface area (Å²) in [5.41, 5.74) is 1.78. The lowest BCUT2D eigenvalue weighted by atomic mass is 10.1. The Morgan fingerprint density at radius 1 is 1.12 bits per heavy atom. The Labute approximate surface area is 195 Å². The van der Waals surface area contributed by atoms with Gasteiger partial charge < -0.3 is 20.5 Å². The minimum atomic E-state index is -1.14. The maximum atomic E-state index is 14.1. The van der Waals surface area contributed by atoms with Gasteiger partial charge >= 0.3 is 5.97 Å². The molecular formula is C25H22FN3O5. The molecular weight excluding hydrogens is 441 g/mol.